The molecule has 0 aliphatic carbocycles. The SMILES string of the molecule is O=C(Nc1nc(-c2ccc3c(c2)OCCO3)cs1)C1=NN(C2CCS(=O)(=O)C2)C(=O)CC1. The Hall–Kier alpha value is -2.99. The van der Waals surface area contributed by atoms with Crippen molar-refractivity contribution in [1.29, 1.82) is 0 Å². The van der Waals surface area contributed by atoms with Gasteiger partial charge in [0, 0.05) is 23.8 Å². The van der Waals surface area contributed by atoms with Crippen molar-refractivity contribution in [3.05, 3.63) is 23.6 Å². The average Bonchev–Trinajstić information content (AvgIpc) is 3.39. The minimum atomic E-state index is -3.17. The molecule has 0 saturated carbocycles. The van der Waals surface area contributed by atoms with E-state index in [2.05, 4.69) is 15.4 Å². The number of anilines is 1. The van der Waals surface area contributed by atoms with Crippen molar-refractivity contribution >= 4 is 43.8 Å². The lowest BCUT2D eigenvalue weighted by Crippen LogP contribution is -2.42. The number of nitrogens with zero attached hydrogens (tertiary/aromatic N) is 3. The Bertz CT molecular complexity index is 1220. The van der Waals surface area contributed by atoms with E-state index in [-0.39, 0.29) is 36.0 Å². The number of sulfone groups is 1. The molecule has 1 atom stereocenters. The maximum atomic E-state index is 12.7. The third-order valence-corrected chi connectivity index (χ3v) is 7.95. The number of hydrazone groups is 1. The molecule has 1 aromatic carbocycles. The molecule has 1 saturated heterocycles. The first-order chi connectivity index (χ1) is 15.4. The Kier molecular flexibility index (Phi) is 5.33. The van der Waals surface area contributed by atoms with E-state index >= 15 is 0 Å². The van der Waals surface area contributed by atoms with Crippen LogP contribution in [-0.4, -0.2) is 66.7 Å². The zero-order valence-corrected chi connectivity index (χ0v) is 18.6. The standard InChI is InChI=1S/C20H20N4O6S2/c25-18-4-2-14(23-24(18)13-5-8-32(27,28)11-13)19(26)22-20-21-15(10-31-20)12-1-3-16-17(9-12)30-7-6-29-16/h1,3,9-10,13H,2,4-8,11H2,(H,21,22,26). The molecule has 168 valence electrons. The van der Waals surface area contributed by atoms with Gasteiger partial charge in [0.1, 0.15) is 18.9 Å². The monoisotopic (exact) mass is 476 g/mol. The molecule has 2 amide bonds. The summed E-state index contributed by atoms with van der Waals surface area (Å²) in [6.45, 7) is 1.01. The lowest BCUT2D eigenvalue weighted by atomic mass is 10.1. The summed E-state index contributed by atoms with van der Waals surface area (Å²) in [5.41, 5.74) is 1.70. The summed E-state index contributed by atoms with van der Waals surface area (Å²) in [4.78, 5) is 29.4. The predicted molar refractivity (Wildman–Crippen MR) is 118 cm³/mol. The van der Waals surface area contributed by atoms with Crippen LogP contribution in [0.15, 0.2) is 28.7 Å². The zero-order chi connectivity index (χ0) is 22.3. The fourth-order valence-corrected chi connectivity index (χ4v) is 6.23. The summed E-state index contributed by atoms with van der Waals surface area (Å²) in [5.74, 6) is 0.531. The van der Waals surface area contributed by atoms with Gasteiger partial charge in [0.15, 0.2) is 26.5 Å². The molecule has 3 aliphatic heterocycles. The molecule has 1 unspecified atom stereocenters. The lowest BCUT2D eigenvalue weighted by molar-refractivity contribution is -0.133. The molecule has 3 aliphatic rings. The average molecular weight is 477 g/mol. The van der Waals surface area contributed by atoms with Crippen LogP contribution in [0.2, 0.25) is 0 Å². The summed E-state index contributed by atoms with van der Waals surface area (Å²) in [5, 5.41) is 10.3. The summed E-state index contributed by atoms with van der Waals surface area (Å²) >= 11 is 1.27. The third kappa shape index (κ3) is 4.19. The molecule has 1 N–H and O–H groups in total. The van der Waals surface area contributed by atoms with Crippen molar-refractivity contribution in [1.82, 2.24) is 9.99 Å². The van der Waals surface area contributed by atoms with Gasteiger partial charge in [0.25, 0.3) is 5.91 Å². The van der Waals surface area contributed by atoms with Crippen LogP contribution >= 0.6 is 11.3 Å². The number of rotatable bonds is 4. The smallest absolute Gasteiger partial charge is 0.273 e. The van der Waals surface area contributed by atoms with Crippen LogP contribution in [0.5, 0.6) is 11.5 Å². The minimum absolute atomic E-state index is 0.0280. The molecule has 12 heteroatoms. The van der Waals surface area contributed by atoms with Crippen LogP contribution < -0.4 is 14.8 Å². The molecule has 4 heterocycles. The van der Waals surface area contributed by atoms with Crippen LogP contribution in [0.25, 0.3) is 11.3 Å². The fraction of sp³-hybridized carbons (Fsp3) is 0.400. The van der Waals surface area contributed by atoms with Gasteiger partial charge >= 0.3 is 0 Å². The quantitative estimate of drug-likeness (QED) is 0.711. The van der Waals surface area contributed by atoms with E-state index in [0.29, 0.717) is 42.0 Å². The second kappa shape index (κ2) is 8.17. The minimum Gasteiger partial charge on any atom is -0.486 e. The molecule has 10 nitrogen and oxygen atoms in total. The van der Waals surface area contributed by atoms with Crippen LogP contribution in [0.4, 0.5) is 5.13 Å². The summed E-state index contributed by atoms with van der Waals surface area (Å²) in [6, 6.07) is 5.03. The number of benzene rings is 1. The number of carbonyl (C=O) groups is 2. The van der Waals surface area contributed by atoms with Gasteiger partial charge in [-0.1, -0.05) is 0 Å². The van der Waals surface area contributed by atoms with Gasteiger partial charge in [-0.3, -0.25) is 14.9 Å². The number of thiazole rings is 1. The fourth-order valence-electron chi connectivity index (χ4n) is 3.82. The predicted octanol–water partition coefficient (Wildman–Crippen LogP) is 1.69. The Labute approximate surface area is 188 Å². The van der Waals surface area contributed by atoms with Gasteiger partial charge in [-0.25, -0.2) is 18.4 Å². The van der Waals surface area contributed by atoms with E-state index in [4.69, 9.17) is 9.47 Å². The molecular formula is C20H20N4O6S2. The Morgan fingerprint density at radius 1 is 1.19 bits per heavy atom. The largest absolute Gasteiger partial charge is 0.486 e. The highest BCUT2D eigenvalue weighted by Crippen LogP contribution is 2.35. The van der Waals surface area contributed by atoms with Crippen molar-refractivity contribution < 1.29 is 27.5 Å². The molecule has 0 radical (unpaired) electrons. The van der Waals surface area contributed by atoms with E-state index < -0.39 is 21.8 Å². The maximum absolute atomic E-state index is 12.7. The number of fused-ring (bicyclic) bond motifs is 1. The zero-order valence-electron chi connectivity index (χ0n) is 16.9. The van der Waals surface area contributed by atoms with Crippen molar-refractivity contribution in [2.45, 2.75) is 25.3 Å². The van der Waals surface area contributed by atoms with E-state index in [9.17, 15) is 18.0 Å². The van der Waals surface area contributed by atoms with Crippen LogP contribution in [0, 0.1) is 0 Å². The number of nitrogens with one attached hydrogen (secondary N) is 1. The second-order valence-electron chi connectivity index (χ2n) is 7.69. The van der Waals surface area contributed by atoms with Gasteiger partial charge in [-0.15, -0.1) is 11.3 Å². The van der Waals surface area contributed by atoms with E-state index in [1.807, 2.05) is 23.6 Å². The number of hydrogen-bond donors (Lipinski definition) is 1. The summed E-state index contributed by atoms with van der Waals surface area (Å²) < 4.78 is 34.7. The maximum Gasteiger partial charge on any atom is 0.273 e. The molecule has 5 rings (SSSR count). The molecule has 2 aromatic rings. The Morgan fingerprint density at radius 3 is 2.78 bits per heavy atom. The summed E-state index contributed by atoms with van der Waals surface area (Å²) in [6.07, 6.45) is 0.641. The Balaban J connectivity index is 1.30. The molecule has 0 spiro atoms. The van der Waals surface area contributed by atoms with Gasteiger partial charge < -0.3 is 9.47 Å². The van der Waals surface area contributed by atoms with Gasteiger partial charge in [0.05, 0.1) is 23.2 Å². The van der Waals surface area contributed by atoms with Crippen molar-refractivity contribution in [2.24, 2.45) is 5.10 Å². The van der Waals surface area contributed by atoms with Gasteiger partial charge in [-0.05, 0) is 24.6 Å². The lowest BCUT2D eigenvalue weighted by Gasteiger charge is -2.27. The topological polar surface area (TPSA) is 127 Å². The highest BCUT2D eigenvalue weighted by Gasteiger charge is 2.37. The number of ether oxygens (including phenoxy) is 2. The van der Waals surface area contributed by atoms with Crippen LogP contribution in [0.1, 0.15) is 19.3 Å². The highest BCUT2D eigenvalue weighted by atomic mass is 32.2. The molecular weight excluding hydrogens is 456 g/mol. The normalized spacial score (nSPS) is 21.9. The third-order valence-electron chi connectivity index (χ3n) is 5.44. The second-order valence-corrected chi connectivity index (χ2v) is 10.8. The first kappa shape index (κ1) is 20.9. The number of aromatic nitrogens is 1. The van der Waals surface area contributed by atoms with Crippen molar-refractivity contribution in [3.8, 4) is 22.8 Å². The van der Waals surface area contributed by atoms with Crippen LogP contribution in [0.3, 0.4) is 0 Å². The van der Waals surface area contributed by atoms with Crippen molar-refractivity contribution in [3.63, 3.8) is 0 Å². The molecule has 0 bridgehead atoms. The summed E-state index contributed by atoms with van der Waals surface area (Å²) in [7, 11) is -3.17. The number of hydrogen-bond acceptors (Lipinski definition) is 9. The highest BCUT2D eigenvalue weighted by molar-refractivity contribution is 7.91. The van der Waals surface area contributed by atoms with E-state index in [1.54, 1.807) is 0 Å². The first-order valence-corrected chi connectivity index (χ1v) is 12.8. The van der Waals surface area contributed by atoms with Gasteiger partial charge in [-0.2, -0.15) is 5.10 Å². The van der Waals surface area contributed by atoms with E-state index in [0.717, 1.165) is 5.56 Å². The molecule has 32 heavy (non-hydrogen) atoms. The number of carbonyl (C=O) groups excluding carboxylic acids is 2. The van der Waals surface area contributed by atoms with Gasteiger partial charge in [0.2, 0.25) is 5.91 Å². The first-order valence-electron chi connectivity index (χ1n) is 10.1. The molecule has 1 aromatic heterocycles. The van der Waals surface area contributed by atoms with Crippen LogP contribution in [-0.2, 0) is 19.4 Å². The number of amides is 2. The van der Waals surface area contributed by atoms with E-state index in [1.165, 1.54) is 16.3 Å². The molecule has 1 fully saturated rings. The van der Waals surface area contributed by atoms with Crippen molar-refractivity contribution in [2.75, 3.05) is 30.0 Å². The Morgan fingerprint density at radius 2 is 2.00 bits per heavy atom.